The molecule has 6 heteroatoms. The van der Waals surface area contributed by atoms with E-state index in [2.05, 4.69) is 5.32 Å². The molecule has 3 atom stereocenters. The maximum atomic E-state index is 11.8. The minimum Gasteiger partial charge on any atom is -0.508 e. The molecule has 0 aliphatic rings. The van der Waals surface area contributed by atoms with E-state index in [-0.39, 0.29) is 24.1 Å². The normalized spacial score (nSPS) is 15.2. The van der Waals surface area contributed by atoms with Crippen molar-refractivity contribution in [3.05, 3.63) is 29.8 Å². The molecule has 0 radical (unpaired) electrons. The van der Waals surface area contributed by atoms with Crippen molar-refractivity contribution >= 4 is 11.9 Å². The number of phenols is 1. The highest BCUT2D eigenvalue weighted by Crippen LogP contribution is 2.12. The summed E-state index contributed by atoms with van der Waals surface area (Å²) in [6.45, 7) is 3.35. The second-order valence-electron chi connectivity index (χ2n) is 4.92. The number of phenolic OH excluding ortho intramolecular Hbond substituents is 1. The van der Waals surface area contributed by atoms with Crippen molar-refractivity contribution in [1.82, 2.24) is 5.32 Å². The average molecular weight is 280 g/mol. The van der Waals surface area contributed by atoms with Gasteiger partial charge in [0.05, 0.1) is 0 Å². The maximum Gasteiger partial charge on any atom is 0.326 e. The fourth-order valence-corrected chi connectivity index (χ4v) is 1.61. The summed E-state index contributed by atoms with van der Waals surface area (Å²) >= 11 is 0. The Labute approximate surface area is 117 Å². The lowest BCUT2D eigenvalue weighted by molar-refractivity contribution is -0.142. The van der Waals surface area contributed by atoms with E-state index >= 15 is 0 Å². The third-order valence-electron chi connectivity index (χ3n) is 3.19. The van der Waals surface area contributed by atoms with Gasteiger partial charge in [0.25, 0.3) is 0 Å². The predicted molar refractivity (Wildman–Crippen MR) is 74.2 cm³/mol. The molecule has 6 nitrogen and oxygen atoms in total. The molecule has 0 bridgehead atoms. The Morgan fingerprint density at radius 1 is 1.25 bits per heavy atom. The van der Waals surface area contributed by atoms with Crippen LogP contribution in [0.3, 0.4) is 0 Å². The molecule has 0 fully saturated rings. The van der Waals surface area contributed by atoms with E-state index in [4.69, 9.17) is 10.8 Å². The van der Waals surface area contributed by atoms with Crippen LogP contribution in [0.5, 0.6) is 5.75 Å². The number of hydrogen-bond donors (Lipinski definition) is 4. The largest absolute Gasteiger partial charge is 0.508 e. The predicted octanol–water partition coefficient (Wildman–Crippen LogP) is 0.487. The van der Waals surface area contributed by atoms with E-state index in [1.54, 1.807) is 26.0 Å². The highest BCUT2D eigenvalue weighted by molar-refractivity contribution is 5.85. The number of hydrogen-bond acceptors (Lipinski definition) is 4. The van der Waals surface area contributed by atoms with Gasteiger partial charge in [-0.3, -0.25) is 4.79 Å². The third kappa shape index (κ3) is 4.55. The van der Waals surface area contributed by atoms with Crippen molar-refractivity contribution in [1.29, 1.82) is 0 Å². The molecule has 0 heterocycles. The molecule has 1 rings (SSSR count). The summed E-state index contributed by atoms with van der Waals surface area (Å²) in [4.78, 5) is 23.1. The molecule has 1 aromatic carbocycles. The summed E-state index contributed by atoms with van der Waals surface area (Å²) in [7, 11) is 0. The number of nitrogens with one attached hydrogen (secondary N) is 1. The van der Waals surface area contributed by atoms with E-state index in [0.29, 0.717) is 5.56 Å². The van der Waals surface area contributed by atoms with Gasteiger partial charge in [-0.15, -0.1) is 0 Å². The molecule has 3 unspecified atom stereocenters. The number of aromatic hydroxyl groups is 1. The average Bonchev–Trinajstić information content (AvgIpc) is 2.39. The summed E-state index contributed by atoms with van der Waals surface area (Å²) in [6.07, 6.45) is 0.146. The molecular formula is C14H20N2O4. The van der Waals surface area contributed by atoms with Gasteiger partial charge in [0, 0.05) is 18.4 Å². The summed E-state index contributed by atoms with van der Waals surface area (Å²) < 4.78 is 0. The first-order valence-electron chi connectivity index (χ1n) is 6.38. The fourth-order valence-electron chi connectivity index (χ4n) is 1.61. The van der Waals surface area contributed by atoms with E-state index in [9.17, 15) is 14.7 Å². The first-order chi connectivity index (χ1) is 9.31. The molecule has 20 heavy (non-hydrogen) atoms. The van der Waals surface area contributed by atoms with Gasteiger partial charge in [-0.2, -0.15) is 0 Å². The van der Waals surface area contributed by atoms with Gasteiger partial charge in [0.2, 0.25) is 5.91 Å². The van der Waals surface area contributed by atoms with Gasteiger partial charge in [-0.25, -0.2) is 4.79 Å². The van der Waals surface area contributed by atoms with Crippen molar-refractivity contribution in [2.45, 2.75) is 32.4 Å². The van der Waals surface area contributed by atoms with Crippen molar-refractivity contribution in [3.8, 4) is 5.75 Å². The van der Waals surface area contributed by atoms with Crippen molar-refractivity contribution in [3.63, 3.8) is 0 Å². The number of benzene rings is 1. The van der Waals surface area contributed by atoms with E-state index in [1.165, 1.54) is 12.1 Å². The lowest BCUT2D eigenvalue weighted by Crippen LogP contribution is -2.47. The van der Waals surface area contributed by atoms with Gasteiger partial charge in [-0.1, -0.05) is 19.1 Å². The van der Waals surface area contributed by atoms with Crippen LogP contribution >= 0.6 is 0 Å². The highest BCUT2D eigenvalue weighted by atomic mass is 16.4. The van der Waals surface area contributed by atoms with Crippen LogP contribution in [-0.2, 0) is 16.0 Å². The number of amides is 1. The van der Waals surface area contributed by atoms with Crippen LogP contribution in [-0.4, -0.2) is 34.2 Å². The van der Waals surface area contributed by atoms with Crippen LogP contribution in [0.2, 0.25) is 0 Å². The zero-order chi connectivity index (χ0) is 15.3. The Balaban J connectivity index is 2.72. The Morgan fingerprint density at radius 3 is 2.25 bits per heavy atom. The molecule has 1 aromatic rings. The molecular weight excluding hydrogens is 260 g/mol. The number of carbonyl (C=O) groups is 2. The topological polar surface area (TPSA) is 113 Å². The highest BCUT2D eigenvalue weighted by Gasteiger charge is 2.24. The molecule has 0 saturated heterocycles. The standard InChI is InChI=1S/C14H20N2O4/c1-8(9(2)15)13(18)16-12(14(19)20)7-10-3-5-11(17)6-4-10/h3-6,8-9,12,17H,7,15H2,1-2H3,(H,16,18)(H,19,20). The lowest BCUT2D eigenvalue weighted by atomic mass is 10.0. The Hall–Kier alpha value is -2.08. The first-order valence-corrected chi connectivity index (χ1v) is 6.38. The molecule has 110 valence electrons. The second kappa shape index (κ2) is 6.91. The molecule has 0 aliphatic heterocycles. The first kappa shape index (κ1) is 16.0. The Bertz CT molecular complexity index is 471. The number of aliphatic carboxylic acids is 1. The van der Waals surface area contributed by atoms with E-state index in [1.807, 2.05) is 0 Å². The summed E-state index contributed by atoms with van der Waals surface area (Å²) in [5.74, 6) is -1.85. The van der Waals surface area contributed by atoms with Crippen LogP contribution in [0.1, 0.15) is 19.4 Å². The minimum absolute atomic E-state index is 0.107. The summed E-state index contributed by atoms with van der Waals surface area (Å²) in [5.41, 5.74) is 6.33. The van der Waals surface area contributed by atoms with Gasteiger partial charge < -0.3 is 21.3 Å². The number of rotatable bonds is 6. The van der Waals surface area contributed by atoms with Crippen molar-refractivity contribution in [2.24, 2.45) is 11.7 Å². The lowest BCUT2D eigenvalue weighted by Gasteiger charge is -2.20. The molecule has 1 amide bonds. The molecule has 5 N–H and O–H groups in total. The Morgan fingerprint density at radius 2 is 1.80 bits per heavy atom. The number of carbonyl (C=O) groups excluding carboxylic acids is 1. The maximum absolute atomic E-state index is 11.8. The smallest absolute Gasteiger partial charge is 0.326 e. The van der Waals surface area contributed by atoms with Crippen LogP contribution < -0.4 is 11.1 Å². The van der Waals surface area contributed by atoms with Gasteiger partial charge in [0.15, 0.2) is 0 Å². The zero-order valence-electron chi connectivity index (χ0n) is 11.5. The van der Waals surface area contributed by atoms with E-state index < -0.39 is 17.9 Å². The van der Waals surface area contributed by atoms with Crippen LogP contribution in [0, 0.1) is 5.92 Å². The summed E-state index contributed by atoms with van der Waals surface area (Å²) in [6, 6.07) is 4.81. The fraction of sp³-hybridized carbons (Fsp3) is 0.429. The quantitative estimate of drug-likeness (QED) is 0.605. The van der Waals surface area contributed by atoms with Crippen LogP contribution in [0.25, 0.3) is 0 Å². The Kier molecular flexibility index (Phi) is 5.52. The monoisotopic (exact) mass is 280 g/mol. The molecule has 0 aromatic heterocycles. The summed E-state index contributed by atoms with van der Waals surface area (Å²) in [5, 5.41) is 20.8. The minimum atomic E-state index is -1.11. The van der Waals surface area contributed by atoms with E-state index in [0.717, 1.165) is 0 Å². The van der Waals surface area contributed by atoms with Gasteiger partial charge >= 0.3 is 5.97 Å². The molecule has 0 saturated carbocycles. The number of carboxylic acids is 1. The SMILES string of the molecule is CC(N)C(C)C(=O)NC(Cc1ccc(O)cc1)C(=O)O. The molecule has 0 aliphatic carbocycles. The second-order valence-corrected chi connectivity index (χ2v) is 4.92. The van der Waals surface area contributed by atoms with Crippen LogP contribution in [0.15, 0.2) is 24.3 Å². The zero-order valence-corrected chi connectivity index (χ0v) is 11.5. The third-order valence-corrected chi connectivity index (χ3v) is 3.19. The van der Waals surface area contributed by atoms with Gasteiger partial charge in [0.1, 0.15) is 11.8 Å². The van der Waals surface area contributed by atoms with Gasteiger partial charge in [-0.05, 0) is 24.6 Å². The van der Waals surface area contributed by atoms with Crippen molar-refractivity contribution in [2.75, 3.05) is 0 Å². The number of carboxylic acid groups (broad SMARTS) is 1. The van der Waals surface area contributed by atoms with Crippen molar-refractivity contribution < 1.29 is 19.8 Å². The molecule has 0 spiro atoms. The van der Waals surface area contributed by atoms with Crippen LogP contribution in [0.4, 0.5) is 0 Å². The number of nitrogens with two attached hydrogens (primary N) is 1.